The van der Waals surface area contributed by atoms with Gasteiger partial charge < -0.3 is 14.5 Å². The number of carbonyl (C=O) groups excluding carboxylic acids is 2. The van der Waals surface area contributed by atoms with Crippen LogP contribution < -0.4 is 15.0 Å². The first-order valence-corrected chi connectivity index (χ1v) is 16.1. The second-order valence-electron chi connectivity index (χ2n) is 12.6. The topological polar surface area (TPSA) is 97.6 Å². The average molecular weight is 639 g/mol. The highest BCUT2D eigenvalue weighted by molar-refractivity contribution is 6.03. The average Bonchev–Trinajstić information content (AvgIpc) is 3.53. The Morgan fingerprint density at radius 2 is 1.44 bits per heavy atom. The molecule has 4 aromatic carbocycles. The van der Waals surface area contributed by atoms with Gasteiger partial charge in [0.2, 0.25) is 17.7 Å². The molecule has 8 nitrogen and oxygen atoms in total. The lowest BCUT2D eigenvalue weighted by Gasteiger charge is -2.24. The van der Waals surface area contributed by atoms with Crippen LogP contribution >= 0.6 is 0 Å². The first-order valence-electron chi connectivity index (χ1n) is 16.1. The normalized spacial score (nSPS) is 11.3. The zero-order valence-corrected chi connectivity index (χ0v) is 27.4. The van der Waals surface area contributed by atoms with Gasteiger partial charge in [0.25, 0.3) is 0 Å². The number of para-hydroxylation sites is 2. The van der Waals surface area contributed by atoms with E-state index in [1.54, 1.807) is 36.5 Å². The number of nitrogens with one attached hydrogen (secondary N) is 1. The van der Waals surface area contributed by atoms with Crippen molar-refractivity contribution in [2.45, 2.75) is 51.9 Å². The molecule has 1 N–H and O–H groups in total. The van der Waals surface area contributed by atoms with Gasteiger partial charge in [-0.15, -0.1) is 0 Å². The monoisotopic (exact) mass is 638 g/mol. The largest absolute Gasteiger partial charge is 0.437 e. The smallest absolute Gasteiger partial charge is 0.310 e. The minimum Gasteiger partial charge on any atom is -0.437 e. The van der Waals surface area contributed by atoms with Crippen LogP contribution in [-0.4, -0.2) is 21.8 Å². The summed E-state index contributed by atoms with van der Waals surface area (Å²) in [6, 6.07) is 36.4. The van der Waals surface area contributed by atoms with Crippen LogP contribution in [0.2, 0.25) is 0 Å². The van der Waals surface area contributed by atoms with E-state index in [9.17, 15) is 9.59 Å². The van der Waals surface area contributed by atoms with E-state index in [-0.39, 0.29) is 35.5 Å². The van der Waals surface area contributed by atoms with E-state index in [0.29, 0.717) is 47.5 Å². The summed E-state index contributed by atoms with van der Waals surface area (Å²) in [5.41, 5.74) is 4.67. The third-order valence-corrected chi connectivity index (χ3v) is 7.97. The molecular weight excluding hydrogens is 600 g/mol. The SMILES string of the molecule is CC(C)(C)c1ccccc1Oc1ncccc1N(C(=O)CCc1ccccc1)c1nc2c(NC(=O)CCc3ccccc3)cccc2o1. The molecule has 0 spiro atoms. The number of aromatic nitrogens is 2. The van der Waals surface area contributed by atoms with E-state index in [0.717, 1.165) is 16.7 Å². The number of ether oxygens (including phenoxy) is 1. The van der Waals surface area contributed by atoms with Crippen LogP contribution in [0.25, 0.3) is 11.1 Å². The van der Waals surface area contributed by atoms with Crippen LogP contribution in [0.4, 0.5) is 17.4 Å². The van der Waals surface area contributed by atoms with Gasteiger partial charge in [-0.05, 0) is 59.7 Å². The number of carbonyl (C=O) groups is 2. The van der Waals surface area contributed by atoms with Crippen molar-refractivity contribution in [2.24, 2.45) is 0 Å². The minimum absolute atomic E-state index is 0.0519. The molecule has 8 heteroatoms. The van der Waals surface area contributed by atoms with Crippen molar-refractivity contribution in [3.8, 4) is 11.6 Å². The first kappa shape index (κ1) is 32.2. The minimum atomic E-state index is -0.249. The standard InChI is InChI=1S/C40H38N4O4/c1-40(2,3)30-18-10-11-21-33(30)47-38-32(20-13-27-41-38)44(36(46)26-24-29-16-8-5-9-17-29)39-43-37-31(19-12-22-34(37)48-39)42-35(45)25-23-28-14-6-4-7-15-28/h4-22,27H,23-26H2,1-3H3,(H,42,45). The van der Waals surface area contributed by atoms with Gasteiger partial charge in [-0.1, -0.05) is 106 Å². The molecule has 2 aromatic heterocycles. The summed E-state index contributed by atoms with van der Waals surface area (Å²) in [4.78, 5) is 37.9. The molecule has 2 heterocycles. The number of hydrogen-bond acceptors (Lipinski definition) is 6. The lowest BCUT2D eigenvalue weighted by atomic mass is 9.86. The van der Waals surface area contributed by atoms with Crippen molar-refractivity contribution in [3.63, 3.8) is 0 Å². The van der Waals surface area contributed by atoms with E-state index < -0.39 is 0 Å². The maximum absolute atomic E-state index is 14.2. The molecule has 0 radical (unpaired) electrons. The molecule has 0 atom stereocenters. The molecule has 0 bridgehead atoms. The second kappa shape index (κ2) is 14.3. The molecule has 6 rings (SSSR count). The van der Waals surface area contributed by atoms with E-state index in [4.69, 9.17) is 14.1 Å². The summed E-state index contributed by atoms with van der Waals surface area (Å²) in [5.74, 6) is 0.478. The van der Waals surface area contributed by atoms with Gasteiger partial charge in [0.1, 0.15) is 17.0 Å². The fourth-order valence-corrected chi connectivity index (χ4v) is 5.51. The number of benzene rings is 4. The summed E-state index contributed by atoms with van der Waals surface area (Å²) in [6.45, 7) is 6.35. The van der Waals surface area contributed by atoms with Crippen LogP contribution in [0.5, 0.6) is 11.6 Å². The fourth-order valence-electron chi connectivity index (χ4n) is 5.51. The lowest BCUT2D eigenvalue weighted by Crippen LogP contribution is -2.27. The molecule has 2 amide bonds. The molecule has 6 aromatic rings. The number of aryl methyl sites for hydroxylation is 2. The lowest BCUT2D eigenvalue weighted by molar-refractivity contribution is -0.118. The number of anilines is 3. The molecule has 0 unspecified atom stereocenters. The van der Waals surface area contributed by atoms with E-state index in [2.05, 4.69) is 31.1 Å². The van der Waals surface area contributed by atoms with Gasteiger partial charge in [0, 0.05) is 24.6 Å². The van der Waals surface area contributed by atoms with Gasteiger partial charge in [-0.3, -0.25) is 9.59 Å². The number of pyridine rings is 1. The highest BCUT2D eigenvalue weighted by atomic mass is 16.5. The number of oxazole rings is 1. The number of nitrogens with zero attached hydrogens (tertiary/aromatic N) is 3. The second-order valence-corrected chi connectivity index (χ2v) is 12.6. The summed E-state index contributed by atoms with van der Waals surface area (Å²) < 4.78 is 12.7. The molecular formula is C40H38N4O4. The Kier molecular flexibility index (Phi) is 9.62. The zero-order chi connectivity index (χ0) is 33.5. The zero-order valence-electron chi connectivity index (χ0n) is 27.4. The molecule has 0 aliphatic carbocycles. The third kappa shape index (κ3) is 7.61. The predicted molar refractivity (Wildman–Crippen MR) is 189 cm³/mol. The number of rotatable bonds is 11. The molecule has 0 saturated carbocycles. The van der Waals surface area contributed by atoms with Crippen molar-refractivity contribution >= 4 is 40.3 Å². The predicted octanol–water partition coefficient (Wildman–Crippen LogP) is 9.18. The van der Waals surface area contributed by atoms with Crippen LogP contribution in [-0.2, 0) is 27.8 Å². The summed E-state index contributed by atoms with van der Waals surface area (Å²) in [7, 11) is 0. The van der Waals surface area contributed by atoms with Crippen molar-refractivity contribution < 1.29 is 18.7 Å². The number of fused-ring (bicyclic) bond motifs is 1. The molecule has 0 fully saturated rings. The number of amides is 2. The Morgan fingerprint density at radius 1 is 0.771 bits per heavy atom. The number of hydrogen-bond donors (Lipinski definition) is 1. The third-order valence-electron chi connectivity index (χ3n) is 7.97. The van der Waals surface area contributed by atoms with Gasteiger partial charge >= 0.3 is 6.01 Å². The van der Waals surface area contributed by atoms with E-state index >= 15 is 0 Å². The van der Waals surface area contributed by atoms with Gasteiger partial charge in [0.05, 0.1) is 5.69 Å². The van der Waals surface area contributed by atoms with Gasteiger partial charge in [-0.2, -0.15) is 4.98 Å². The molecule has 0 aliphatic rings. The Bertz CT molecular complexity index is 2020. The quantitative estimate of drug-likeness (QED) is 0.152. The van der Waals surface area contributed by atoms with Crippen molar-refractivity contribution in [2.75, 3.05) is 10.2 Å². The van der Waals surface area contributed by atoms with Crippen LogP contribution in [0.15, 0.2) is 126 Å². The maximum Gasteiger partial charge on any atom is 0.310 e. The Hall–Kier alpha value is -5.76. The summed E-state index contributed by atoms with van der Waals surface area (Å²) >= 11 is 0. The summed E-state index contributed by atoms with van der Waals surface area (Å²) in [5, 5.41) is 2.99. The summed E-state index contributed by atoms with van der Waals surface area (Å²) in [6.07, 6.45) is 3.24. The van der Waals surface area contributed by atoms with Crippen LogP contribution in [0.3, 0.4) is 0 Å². The first-order chi connectivity index (χ1) is 23.3. The van der Waals surface area contributed by atoms with Crippen molar-refractivity contribution in [3.05, 3.63) is 138 Å². The molecule has 0 saturated heterocycles. The highest BCUT2D eigenvalue weighted by Gasteiger charge is 2.29. The highest BCUT2D eigenvalue weighted by Crippen LogP contribution is 2.40. The van der Waals surface area contributed by atoms with Crippen LogP contribution in [0, 0.1) is 0 Å². The van der Waals surface area contributed by atoms with Gasteiger partial charge in [-0.25, -0.2) is 9.88 Å². The fraction of sp³-hybridized carbons (Fsp3) is 0.200. The Labute approximate surface area is 280 Å². The van der Waals surface area contributed by atoms with Crippen molar-refractivity contribution in [1.29, 1.82) is 0 Å². The van der Waals surface area contributed by atoms with Crippen LogP contribution in [0.1, 0.15) is 50.3 Å². The maximum atomic E-state index is 14.2. The molecule has 0 aliphatic heterocycles. The Balaban J connectivity index is 1.35. The molecule has 48 heavy (non-hydrogen) atoms. The van der Waals surface area contributed by atoms with E-state index in [1.807, 2.05) is 84.9 Å². The van der Waals surface area contributed by atoms with E-state index in [1.165, 1.54) is 4.90 Å². The Morgan fingerprint density at radius 3 is 2.15 bits per heavy atom. The van der Waals surface area contributed by atoms with Crippen molar-refractivity contribution in [1.82, 2.24) is 9.97 Å². The van der Waals surface area contributed by atoms with Gasteiger partial charge in [0.15, 0.2) is 5.58 Å². The molecule has 242 valence electrons.